The highest BCUT2D eigenvalue weighted by Crippen LogP contribution is 2.15. The highest BCUT2D eigenvalue weighted by Gasteiger charge is 2.03. The average molecular weight is 350 g/mol. The molecule has 0 saturated carbocycles. The first kappa shape index (κ1) is 18.3. The molecular weight excluding hydrogens is 324 g/mol. The van der Waals surface area contributed by atoms with Crippen molar-refractivity contribution in [1.82, 2.24) is 15.2 Å². The molecule has 0 atom stereocenters. The first-order valence-corrected chi connectivity index (χ1v) is 10.2. The van der Waals surface area contributed by atoms with E-state index in [1.807, 2.05) is 6.07 Å². The van der Waals surface area contributed by atoms with Crippen molar-refractivity contribution in [2.24, 2.45) is 4.99 Å². The van der Waals surface area contributed by atoms with Gasteiger partial charge < -0.3 is 15.2 Å². The highest BCUT2D eigenvalue weighted by molar-refractivity contribution is 7.90. The van der Waals surface area contributed by atoms with Gasteiger partial charge in [-0.15, -0.1) is 0 Å². The molecule has 7 heteroatoms. The van der Waals surface area contributed by atoms with Crippen molar-refractivity contribution in [3.05, 3.63) is 36.5 Å². The lowest BCUT2D eigenvalue weighted by Crippen LogP contribution is -2.38. The molecule has 2 aromatic rings. The van der Waals surface area contributed by atoms with Crippen LogP contribution in [0.1, 0.15) is 12.8 Å². The molecule has 1 aromatic heterocycles. The summed E-state index contributed by atoms with van der Waals surface area (Å²) < 4.78 is 24.4. The van der Waals surface area contributed by atoms with Crippen LogP contribution in [-0.4, -0.2) is 51.1 Å². The van der Waals surface area contributed by atoms with Crippen molar-refractivity contribution in [3.8, 4) is 0 Å². The Morgan fingerprint density at radius 2 is 1.83 bits per heavy atom. The molecule has 0 aliphatic carbocycles. The summed E-state index contributed by atoms with van der Waals surface area (Å²) in [5, 5.41) is 7.64. The number of aryl methyl sites for hydroxylation is 1. The van der Waals surface area contributed by atoms with Gasteiger partial charge in [-0.2, -0.15) is 0 Å². The number of para-hydroxylation sites is 1. The summed E-state index contributed by atoms with van der Waals surface area (Å²) >= 11 is 0. The van der Waals surface area contributed by atoms with Gasteiger partial charge in [-0.3, -0.25) is 4.99 Å². The Hall–Kier alpha value is -2.02. The standard InChI is InChI=1S/C17H26N4O2S/c1-18-17(20-11-6-14-24(2,22)23)19-10-5-12-21-13-9-15-7-3-4-8-16(15)21/h3-4,7-9,13H,5-6,10-12,14H2,1-2H3,(H2,18,19,20). The second-order valence-corrected chi connectivity index (χ2v) is 8.09. The lowest BCUT2D eigenvalue weighted by atomic mass is 10.2. The molecule has 1 heterocycles. The molecule has 0 radical (unpaired) electrons. The number of hydrogen-bond donors (Lipinski definition) is 2. The first-order chi connectivity index (χ1) is 11.5. The highest BCUT2D eigenvalue weighted by atomic mass is 32.2. The topological polar surface area (TPSA) is 75.5 Å². The van der Waals surface area contributed by atoms with Gasteiger partial charge in [-0.25, -0.2) is 8.42 Å². The third-order valence-electron chi connectivity index (χ3n) is 3.76. The Labute approximate surface area is 143 Å². The van der Waals surface area contributed by atoms with E-state index < -0.39 is 9.84 Å². The number of nitrogens with one attached hydrogen (secondary N) is 2. The summed E-state index contributed by atoms with van der Waals surface area (Å²) in [7, 11) is -1.18. The SMILES string of the molecule is CN=C(NCCCn1ccc2ccccc21)NCCCS(C)(=O)=O. The fourth-order valence-corrected chi connectivity index (χ4v) is 3.22. The molecule has 2 N–H and O–H groups in total. The van der Waals surface area contributed by atoms with E-state index in [2.05, 4.69) is 50.7 Å². The van der Waals surface area contributed by atoms with E-state index in [1.54, 1.807) is 7.05 Å². The minimum Gasteiger partial charge on any atom is -0.356 e. The second-order valence-electron chi connectivity index (χ2n) is 5.83. The Morgan fingerprint density at radius 3 is 2.54 bits per heavy atom. The summed E-state index contributed by atoms with van der Waals surface area (Å²) in [4.78, 5) is 4.14. The largest absolute Gasteiger partial charge is 0.356 e. The zero-order chi connectivity index (χ0) is 17.4. The lowest BCUT2D eigenvalue weighted by Gasteiger charge is -2.12. The Balaban J connectivity index is 1.69. The van der Waals surface area contributed by atoms with Crippen LogP contribution in [0, 0.1) is 0 Å². The van der Waals surface area contributed by atoms with E-state index in [0.717, 1.165) is 19.5 Å². The van der Waals surface area contributed by atoms with Gasteiger partial charge in [0.05, 0.1) is 5.75 Å². The minimum absolute atomic E-state index is 0.192. The molecule has 0 unspecified atom stereocenters. The summed E-state index contributed by atoms with van der Waals surface area (Å²) in [5.41, 5.74) is 1.25. The van der Waals surface area contributed by atoms with E-state index in [1.165, 1.54) is 17.2 Å². The van der Waals surface area contributed by atoms with Crippen LogP contribution in [0.4, 0.5) is 0 Å². The van der Waals surface area contributed by atoms with Gasteiger partial charge in [0.2, 0.25) is 0 Å². The fraction of sp³-hybridized carbons (Fsp3) is 0.471. The van der Waals surface area contributed by atoms with Crippen molar-refractivity contribution in [1.29, 1.82) is 0 Å². The molecule has 6 nitrogen and oxygen atoms in total. The summed E-state index contributed by atoms with van der Waals surface area (Å²) in [6.07, 6.45) is 4.92. The van der Waals surface area contributed by atoms with Crippen LogP contribution in [-0.2, 0) is 16.4 Å². The molecule has 1 aromatic carbocycles. The smallest absolute Gasteiger partial charge is 0.190 e. The average Bonchev–Trinajstić information content (AvgIpc) is 2.96. The summed E-state index contributed by atoms with van der Waals surface area (Å²) in [6.45, 7) is 2.33. The van der Waals surface area contributed by atoms with Crippen LogP contribution in [0.25, 0.3) is 10.9 Å². The van der Waals surface area contributed by atoms with Crippen LogP contribution in [0.15, 0.2) is 41.5 Å². The normalized spacial score (nSPS) is 12.5. The van der Waals surface area contributed by atoms with Crippen LogP contribution < -0.4 is 10.6 Å². The van der Waals surface area contributed by atoms with Gasteiger partial charge in [0.15, 0.2) is 5.96 Å². The van der Waals surface area contributed by atoms with E-state index in [0.29, 0.717) is 18.9 Å². The molecule has 0 fully saturated rings. The quantitative estimate of drug-likeness (QED) is 0.431. The van der Waals surface area contributed by atoms with Crippen LogP contribution in [0.3, 0.4) is 0 Å². The Morgan fingerprint density at radius 1 is 1.12 bits per heavy atom. The number of rotatable bonds is 8. The van der Waals surface area contributed by atoms with Gasteiger partial charge in [-0.05, 0) is 30.4 Å². The number of aromatic nitrogens is 1. The number of benzene rings is 1. The van der Waals surface area contributed by atoms with Gasteiger partial charge in [0.25, 0.3) is 0 Å². The van der Waals surface area contributed by atoms with E-state index in [4.69, 9.17) is 0 Å². The van der Waals surface area contributed by atoms with Crippen molar-refractivity contribution < 1.29 is 8.42 Å². The fourth-order valence-electron chi connectivity index (χ4n) is 2.55. The second kappa shape index (κ2) is 8.73. The molecule has 0 aliphatic rings. The molecule has 2 rings (SSSR count). The van der Waals surface area contributed by atoms with Crippen LogP contribution in [0.5, 0.6) is 0 Å². The number of fused-ring (bicyclic) bond motifs is 1. The van der Waals surface area contributed by atoms with Crippen LogP contribution in [0.2, 0.25) is 0 Å². The number of nitrogens with zero attached hydrogens (tertiary/aromatic N) is 2. The maximum Gasteiger partial charge on any atom is 0.190 e. The summed E-state index contributed by atoms with van der Waals surface area (Å²) in [5.74, 6) is 0.901. The third-order valence-corrected chi connectivity index (χ3v) is 4.79. The first-order valence-electron chi connectivity index (χ1n) is 8.16. The zero-order valence-electron chi connectivity index (χ0n) is 14.3. The number of sulfone groups is 1. The number of aliphatic imine (C=N–C) groups is 1. The molecular formula is C17H26N4O2S. The maximum atomic E-state index is 11.1. The summed E-state index contributed by atoms with van der Waals surface area (Å²) in [6, 6.07) is 10.5. The van der Waals surface area contributed by atoms with Gasteiger partial charge in [0, 0.05) is 44.7 Å². The predicted octanol–water partition coefficient (Wildman–Crippen LogP) is 1.63. The van der Waals surface area contributed by atoms with Gasteiger partial charge in [-0.1, -0.05) is 18.2 Å². The lowest BCUT2D eigenvalue weighted by molar-refractivity contribution is 0.598. The molecule has 0 amide bonds. The zero-order valence-corrected chi connectivity index (χ0v) is 15.1. The number of guanidine groups is 1. The Bertz CT molecular complexity index is 781. The van der Waals surface area contributed by atoms with Crippen molar-refractivity contribution in [2.45, 2.75) is 19.4 Å². The molecule has 24 heavy (non-hydrogen) atoms. The predicted molar refractivity (Wildman–Crippen MR) is 100 cm³/mol. The van der Waals surface area contributed by atoms with E-state index in [9.17, 15) is 8.42 Å². The molecule has 132 valence electrons. The molecule has 0 aliphatic heterocycles. The van der Waals surface area contributed by atoms with Crippen molar-refractivity contribution >= 4 is 26.7 Å². The van der Waals surface area contributed by atoms with E-state index >= 15 is 0 Å². The maximum absolute atomic E-state index is 11.1. The molecule has 0 spiro atoms. The number of hydrogen-bond acceptors (Lipinski definition) is 3. The monoisotopic (exact) mass is 350 g/mol. The Kier molecular flexibility index (Phi) is 6.66. The van der Waals surface area contributed by atoms with Crippen molar-refractivity contribution in [3.63, 3.8) is 0 Å². The van der Waals surface area contributed by atoms with E-state index in [-0.39, 0.29) is 5.75 Å². The van der Waals surface area contributed by atoms with Crippen molar-refractivity contribution in [2.75, 3.05) is 32.1 Å². The van der Waals surface area contributed by atoms with Gasteiger partial charge >= 0.3 is 0 Å². The molecule has 0 saturated heterocycles. The minimum atomic E-state index is -2.90. The third kappa shape index (κ3) is 5.88. The van der Waals surface area contributed by atoms with Crippen LogP contribution >= 0.6 is 0 Å². The molecule has 0 bridgehead atoms. The van der Waals surface area contributed by atoms with Gasteiger partial charge in [0.1, 0.15) is 9.84 Å².